The van der Waals surface area contributed by atoms with Crippen LogP contribution in [0.15, 0.2) is 30.3 Å². The average Bonchev–Trinajstić information content (AvgIpc) is 3.19. The normalized spacial score (nSPS) is 25.2. The molecular weight excluding hydrogens is 248 g/mol. The van der Waals surface area contributed by atoms with Crippen molar-refractivity contribution in [2.75, 3.05) is 6.61 Å². The van der Waals surface area contributed by atoms with Crippen molar-refractivity contribution in [3.05, 3.63) is 35.9 Å². The van der Waals surface area contributed by atoms with Crippen LogP contribution in [0.4, 0.5) is 0 Å². The Hall–Kier alpha value is -0.900. The molecule has 4 unspecified atom stereocenters. The van der Waals surface area contributed by atoms with Gasteiger partial charge >= 0.3 is 0 Å². The fourth-order valence-corrected chi connectivity index (χ4v) is 3.20. The fraction of sp³-hybridized carbons (Fsp3) is 0.647. The second-order valence-corrected chi connectivity index (χ2v) is 6.85. The zero-order valence-corrected chi connectivity index (χ0v) is 13.1. The summed E-state index contributed by atoms with van der Waals surface area (Å²) in [6, 6.07) is 10.9. The van der Waals surface area contributed by atoms with E-state index >= 15 is 0 Å². The van der Waals surface area contributed by atoms with Crippen LogP contribution in [0.2, 0.25) is 0 Å². The van der Waals surface area contributed by atoms with E-state index in [1.165, 1.54) is 12.0 Å². The number of nitrogens with two attached hydrogens (primary N) is 1. The average molecular weight is 276 g/mol. The minimum atomic E-state index is 0.0802. The third-order valence-corrected chi connectivity index (χ3v) is 4.25. The molecule has 112 valence electrons. The van der Waals surface area contributed by atoms with E-state index in [-0.39, 0.29) is 17.6 Å². The minimum Gasteiger partial charge on any atom is -0.376 e. The summed E-state index contributed by atoms with van der Waals surface area (Å²) in [5.41, 5.74) is 4.53. The van der Waals surface area contributed by atoms with Crippen LogP contribution in [0.25, 0.3) is 0 Å². The SMILES string of the molecule is CCOC(C(NN)C1CC1c1ccccc1)C(C)(C)C. The van der Waals surface area contributed by atoms with E-state index in [1.54, 1.807) is 0 Å². The molecule has 0 radical (unpaired) electrons. The molecule has 1 aliphatic carbocycles. The summed E-state index contributed by atoms with van der Waals surface area (Å²) in [5.74, 6) is 7.03. The molecule has 2 rings (SSSR count). The summed E-state index contributed by atoms with van der Waals surface area (Å²) in [6.45, 7) is 9.43. The minimum absolute atomic E-state index is 0.0802. The maximum Gasteiger partial charge on any atom is 0.0792 e. The molecule has 1 aromatic rings. The second-order valence-electron chi connectivity index (χ2n) is 6.85. The molecule has 20 heavy (non-hydrogen) atoms. The van der Waals surface area contributed by atoms with E-state index < -0.39 is 0 Å². The van der Waals surface area contributed by atoms with Crippen molar-refractivity contribution in [3.63, 3.8) is 0 Å². The van der Waals surface area contributed by atoms with Gasteiger partial charge in [-0.2, -0.15) is 0 Å². The number of hydrogen-bond acceptors (Lipinski definition) is 3. The fourth-order valence-electron chi connectivity index (χ4n) is 3.20. The Balaban J connectivity index is 2.09. The predicted octanol–water partition coefficient (Wildman–Crippen LogP) is 3.07. The van der Waals surface area contributed by atoms with E-state index in [9.17, 15) is 0 Å². The number of benzene rings is 1. The summed E-state index contributed by atoms with van der Waals surface area (Å²) < 4.78 is 6.00. The van der Waals surface area contributed by atoms with Crippen LogP contribution < -0.4 is 11.3 Å². The van der Waals surface area contributed by atoms with Crippen molar-refractivity contribution in [3.8, 4) is 0 Å². The van der Waals surface area contributed by atoms with Gasteiger partial charge in [-0.3, -0.25) is 11.3 Å². The van der Waals surface area contributed by atoms with Crippen molar-refractivity contribution in [2.24, 2.45) is 17.2 Å². The molecule has 0 bridgehead atoms. The molecule has 0 amide bonds. The number of hydrogen-bond donors (Lipinski definition) is 2. The summed E-state index contributed by atoms with van der Waals surface area (Å²) >= 11 is 0. The Labute approximate surface area is 122 Å². The molecule has 0 aromatic heterocycles. The van der Waals surface area contributed by atoms with Crippen LogP contribution in [0, 0.1) is 11.3 Å². The van der Waals surface area contributed by atoms with Gasteiger partial charge in [0, 0.05) is 6.61 Å². The van der Waals surface area contributed by atoms with Crippen molar-refractivity contribution >= 4 is 0 Å². The summed E-state index contributed by atoms with van der Waals surface area (Å²) in [7, 11) is 0. The lowest BCUT2D eigenvalue weighted by molar-refractivity contribution is -0.0410. The Morgan fingerprint density at radius 3 is 2.45 bits per heavy atom. The van der Waals surface area contributed by atoms with Gasteiger partial charge in [0.25, 0.3) is 0 Å². The van der Waals surface area contributed by atoms with Gasteiger partial charge in [0.15, 0.2) is 0 Å². The van der Waals surface area contributed by atoms with E-state index in [1.807, 2.05) is 6.92 Å². The highest BCUT2D eigenvalue weighted by atomic mass is 16.5. The molecule has 1 aromatic carbocycles. The van der Waals surface area contributed by atoms with Crippen molar-refractivity contribution in [1.82, 2.24) is 5.43 Å². The van der Waals surface area contributed by atoms with Crippen molar-refractivity contribution < 1.29 is 4.74 Å². The van der Waals surface area contributed by atoms with Gasteiger partial charge in [-0.1, -0.05) is 51.1 Å². The molecule has 0 saturated heterocycles. The molecule has 0 heterocycles. The Kier molecular flexibility index (Phi) is 4.84. The summed E-state index contributed by atoms with van der Waals surface area (Å²) in [4.78, 5) is 0. The highest BCUT2D eigenvalue weighted by Gasteiger charge is 2.49. The van der Waals surface area contributed by atoms with Gasteiger partial charge in [-0.05, 0) is 36.2 Å². The first-order chi connectivity index (χ1) is 9.49. The first kappa shape index (κ1) is 15.5. The van der Waals surface area contributed by atoms with Crippen LogP contribution >= 0.6 is 0 Å². The molecule has 3 heteroatoms. The second kappa shape index (κ2) is 6.25. The molecule has 1 aliphatic rings. The van der Waals surface area contributed by atoms with Crippen LogP contribution in [-0.4, -0.2) is 18.8 Å². The number of nitrogens with one attached hydrogen (secondary N) is 1. The molecule has 1 saturated carbocycles. The number of hydrazine groups is 1. The van der Waals surface area contributed by atoms with Gasteiger partial charge in [-0.15, -0.1) is 0 Å². The first-order valence-corrected chi connectivity index (χ1v) is 7.61. The smallest absolute Gasteiger partial charge is 0.0792 e. The molecule has 4 atom stereocenters. The van der Waals surface area contributed by atoms with Gasteiger partial charge in [0.1, 0.15) is 0 Å². The van der Waals surface area contributed by atoms with Gasteiger partial charge in [0.2, 0.25) is 0 Å². The topological polar surface area (TPSA) is 47.3 Å². The standard InChI is InChI=1S/C17H28N2O/c1-5-20-16(17(2,3)4)15(19-18)14-11-13(14)12-9-7-6-8-10-12/h6-10,13-16,19H,5,11,18H2,1-4H3. The monoisotopic (exact) mass is 276 g/mol. The van der Waals surface area contributed by atoms with Gasteiger partial charge in [0.05, 0.1) is 12.1 Å². The number of ether oxygens (including phenoxy) is 1. The predicted molar refractivity (Wildman–Crippen MR) is 83.3 cm³/mol. The molecule has 3 N–H and O–H groups in total. The number of rotatable bonds is 6. The molecule has 3 nitrogen and oxygen atoms in total. The Bertz CT molecular complexity index is 413. The van der Waals surface area contributed by atoms with Crippen molar-refractivity contribution in [2.45, 2.75) is 52.2 Å². The van der Waals surface area contributed by atoms with Crippen molar-refractivity contribution in [1.29, 1.82) is 0 Å². The van der Waals surface area contributed by atoms with Crippen LogP contribution in [0.3, 0.4) is 0 Å². The highest BCUT2D eigenvalue weighted by Crippen LogP contribution is 2.51. The van der Waals surface area contributed by atoms with Gasteiger partial charge < -0.3 is 4.74 Å². The zero-order chi connectivity index (χ0) is 14.8. The van der Waals surface area contributed by atoms with Crippen LogP contribution in [-0.2, 0) is 4.74 Å². The quantitative estimate of drug-likeness (QED) is 0.620. The lowest BCUT2D eigenvalue weighted by Crippen LogP contribution is -2.52. The largest absolute Gasteiger partial charge is 0.376 e. The zero-order valence-electron chi connectivity index (χ0n) is 13.1. The molecule has 0 aliphatic heterocycles. The van der Waals surface area contributed by atoms with Gasteiger partial charge in [-0.25, -0.2) is 0 Å². The van der Waals surface area contributed by atoms with E-state index in [4.69, 9.17) is 10.6 Å². The maximum absolute atomic E-state index is 6.00. The maximum atomic E-state index is 6.00. The first-order valence-electron chi connectivity index (χ1n) is 7.61. The molecule has 1 fully saturated rings. The highest BCUT2D eigenvalue weighted by molar-refractivity contribution is 5.27. The summed E-state index contributed by atoms with van der Waals surface area (Å²) in [5, 5.41) is 0. The molecule has 0 spiro atoms. The van der Waals surface area contributed by atoms with E-state index in [2.05, 4.69) is 56.5 Å². The van der Waals surface area contributed by atoms with Crippen LogP contribution in [0.5, 0.6) is 0 Å². The third kappa shape index (κ3) is 3.40. The molecular formula is C17H28N2O. The van der Waals surface area contributed by atoms with Crippen LogP contribution in [0.1, 0.15) is 45.6 Å². The van der Waals surface area contributed by atoms with E-state index in [0.29, 0.717) is 11.8 Å². The lowest BCUT2D eigenvalue weighted by atomic mass is 9.82. The Morgan fingerprint density at radius 1 is 1.30 bits per heavy atom. The third-order valence-electron chi connectivity index (χ3n) is 4.25. The lowest BCUT2D eigenvalue weighted by Gasteiger charge is -2.37. The Morgan fingerprint density at radius 2 is 1.95 bits per heavy atom. The van der Waals surface area contributed by atoms with E-state index in [0.717, 1.165) is 6.61 Å². The summed E-state index contributed by atoms with van der Waals surface area (Å²) in [6.07, 6.45) is 1.33.